The molecule has 0 heterocycles. The van der Waals surface area contributed by atoms with E-state index in [-0.39, 0.29) is 0 Å². The highest BCUT2D eigenvalue weighted by molar-refractivity contribution is 4.81. The van der Waals surface area contributed by atoms with Gasteiger partial charge in [-0.05, 0) is 13.0 Å². The van der Waals surface area contributed by atoms with Gasteiger partial charge >= 0.3 is 0 Å². The van der Waals surface area contributed by atoms with E-state index < -0.39 is 0 Å². The van der Waals surface area contributed by atoms with E-state index in [0.29, 0.717) is 0 Å². The van der Waals surface area contributed by atoms with Crippen LogP contribution in [-0.4, -0.2) is 42.6 Å². The van der Waals surface area contributed by atoms with Crippen molar-refractivity contribution in [2.24, 2.45) is 0 Å². The van der Waals surface area contributed by atoms with Crippen molar-refractivity contribution in [3.8, 4) is 0 Å². The van der Waals surface area contributed by atoms with Crippen molar-refractivity contribution in [3.63, 3.8) is 0 Å². The van der Waals surface area contributed by atoms with Gasteiger partial charge in [0.05, 0.1) is 6.67 Å². The average Bonchev–Trinajstić information content (AvgIpc) is 2.19. The van der Waals surface area contributed by atoms with Crippen molar-refractivity contribution >= 4 is 0 Å². The zero-order valence-corrected chi connectivity index (χ0v) is 9.99. The zero-order chi connectivity index (χ0) is 11.5. The SMILES string of the molecule is C=CCN(CC=C)CN(CC=C)CCC. The molecule has 86 valence electrons. The van der Waals surface area contributed by atoms with Crippen LogP contribution in [0, 0.1) is 0 Å². The smallest absolute Gasteiger partial charge is 0.0515 e. The minimum atomic E-state index is 0.906. The van der Waals surface area contributed by atoms with Crippen LogP contribution in [0.15, 0.2) is 38.0 Å². The first-order valence-corrected chi connectivity index (χ1v) is 5.55. The third-order valence-electron chi connectivity index (χ3n) is 2.10. The topological polar surface area (TPSA) is 6.48 Å². The van der Waals surface area contributed by atoms with Crippen molar-refractivity contribution in [2.75, 3.05) is 32.8 Å². The Labute approximate surface area is 94.6 Å². The van der Waals surface area contributed by atoms with Crippen LogP contribution in [0.2, 0.25) is 0 Å². The van der Waals surface area contributed by atoms with E-state index in [0.717, 1.165) is 32.8 Å². The van der Waals surface area contributed by atoms with E-state index in [2.05, 4.69) is 36.5 Å². The molecule has 2 heteroatoms. The van der Waals surface area contributed by atoms with Crippen LogP contribution in [0.3, 0.4) is 0 Å². The second kappa shape index (κ2) is 9.69. The Bertz CT molecular complexity index is 177. The summed E-state index contributed by atoms with van der Waals surface area (Å²) in [4.78, 5) is 4.68. The van der Waals surface area contributed by atoms with Crippen molar-refractivity contribution in [2.45, 2.75) is 13.3 Å². The fourth-order valence-electron chi connectivity index (χ4n) is 1.56. The first-order valence-electron chi connectivity index (χ1n) is 5.55. The predicted molar refractivity (Wildman–Crippen MR) is 68.9 cm³/mol. The first kappa shape index (κ1) is 14.1. The fraction of sp³-hybridized carbons (Fsp3) is 0.538. The Balaban J connectivity index is 4.09. The van der Waals surface area contributed by atoms with Crippen molar-refractivity contribution in [1.82, 2.24) is 9.80 Å². The van der Waals surface area contributed by atoms with E-state index in [1.165, 1.54) is 6.42 Å². The number of nitrogens with zero attached hydrogens (tertiary/aromatic N) is 2. The highest BCUT2D eigenvalue weighted by Gasteiger charge is 2.06. The van der Waals surface area contributed by atoms with Gasteiger partial charge in [0.15, 0.2) is 0 Å². The molecule has 0 spiro atoms. The minimum absolute atomic E-state index is 0.906. The van der Waals surface area contributed by atoms with E-state index in [1.54, 1.807) is 0 Å². The summed E-state index contributed by atoms with van der Waals surface area (Å²) in [7, 11) is 0. The van der Waals surface area contributed by atoms with Crippen molar-refractivity contribution in [3.05, 3.63) is 38.0 Å². The van der Waals surface area contributed by atoms with Gasteiger partial charge in [-0.2, -0.15) is 0 Å². The largest absolute Gasteiger partial charge is 0.287 e. The molecule has 0 aliphatic heterocycles. The summed E-state index contributed by atoms with van der Waals surface area (Å²) in [5, 5.41) is 0. The minimum Gasteiger partial charge on any atom is -0.287 e. The van der Waals surface area contributed by atoms with E-state index >= 15 is 0 Å². The second-order valence-corrected chi connectivity index (χ2v) is 3.62. The molecular weight excluding hydrogens is 184 g/mol. The van der Waals surface area contributed by atoms with Gasteiger partial charge in [0.2, 0.25) is 0 Å². The molecular formula is C13H24N2. The molecule has 2 nitrogen and oxygen atoms in total. The third-order valence-corrected chi connectivity index (χ3v) is 2.10. The number of hydrogen-bond acceptors (Lipinski definition) is 2. The van der Waals surface area contributed by atoms with Crippen LogP contribution in [-0.2, 0) is 0 Å². The van der Waals surface area contributed by atoms with Crippen molar-refractivity contribution < 1.29 is 0 Å². The van der Waals surface area contributed by atoms with Crippen LogP contribution in [0.25, 0.3) is 0 Å². The lowest BCUT2D eigenvalue weighted by Crippen LogP contribution is -2.38. The lowest BCUT2D eigenvalue weighted by molar-refractivity contribution is 0.166. The Morgan fingerprint density at radius 1 is 0.867 bits per heavy atom. The summed E-state index contributed by atoms with van der Waals surface area (Å²) >= 11 is 0. The Kier molecular flexibility index (Phi) is 9.13. The monoisotopic (exact) mass is 208 g/mol. The molecule has 0 atom stereocenters. The Morgan fingerprint density at radius 2 is 1.33 bits per heavy atom. The van der Waals surface area contributed by atoms with Gasteiger partial charge in [0, 0.05) is 19.6 Å². The average molecular weight is 208 g/mol. The molecule has 0 saturated heterocycles. The molecule has 0 aliphatic rings. The lowest BCUT2D eigenvalue weighted by atomic mass is 10.4. The maximum Gasteiger partial charge on any atom is 0.0515 e. The molecule has 0 aromatic heterocycles. The third kappa shape index (κ3) is 7.11. The van der Waals surface area contributed by atoms with Crippen LogP contribution in [0.1, 0.15) is 13.3 Å². The molecule has 0 aromatic carbocycles. The van der Waals surface area contributed by atoms with Gasteiger partial charge in [-0.1, -0.05) is 25.2 Å². The van der Waals surface area contributed by atoms with E-state index in [1.807, 2.05) is 18.2 Å². The molecule has 0 aliphatic carbocycles. The van der Waals surface area contributed by atoms with Crippen LogP contribution < -0.4 is 0 Å². The Morgan fingerprint density at radius 3 is 1.73 bits per heavy atom. The van der Waals surface area contributed by atoms with Gasteiger partial charge in [-0.3, -0.25) is 9.80 Å². The standard InChI is InChI=1S/C13H24N2/c1-5-9-14(10-6-2)13-15(11-7-3)12-8-4/h5-7H,1-3,8-13H2,4H3. The molecule has 0 amide bonds. The van der Waals surface area contributed by atoms with E-state index in [9.17, 15) is 0 Å². The van der Waals surface area contributed by atoms with Crippen LogP contribution in [0.5, 0.6) is 0 Å². The molecule has 0 bridgehead atoms. The highest BCUT2D eigenvalue weighted by Crippen LogP contribution is 1.97. The molecule has 0 saturated carbocycles. The number of rotatable bonds is 10. The molecule has 0 N–H and O–H groups in total. The van der Waals surface area contributed by atoms with Gasteiger partial charge in [0.1, 0.15) is 0 Å². The summed E-state index contributed by atoms with van der Waals surface area (Å²) in [6.45, 7) is 18.3. The quantitative estimate of drug-likeness (QED) is 0.402. The summed E-state index contributed by atoms with van der Waals surface area (Å²) in [5.41, 5.74) is 0. The lowest BCUT2D eigenvalue weighted by Gasteiger charge is -2.27. The summed E-state index contributed by atoms with van der Waals surface area (Å²) in [6.07, 6.45) is 6.99. The van der Waals surface area contributed by atoms with Gasteiger partial charge < -0.3 is 0 Å². The summed E-state index contributed by atoms with van der Waals surface area (Å²) < 4.78 is 0. The molecule has 0 radical (unpaired) electrons. The highest BCUT2D eigenvalue weighted by atomic mass is 15.3. The fourth-order valence-corrected chi connectivity index (χ4v) is 1.56. The molecule has 0 unspecified atom stereocenters. The summed E-state index contributed by atoms with van der Waals surface area (Å²) in [5.74, 6) is 0. The molecule has 0 rings (SSSR count). The van der Waals surface area contributed by atoms with Crippen molar-refractivity contribution in [1.29, 1.82) is 0 Å². The van der Waals surface area contributed by atoms with Gasteiger partial charge in [0.25, 0.3) is 0 Å². The van der Waals surface area contributed by atoms with Gasteiger partial charge in [-0.15, -0.1) is 19.7 Å². The zero-order valence-electron chi connectivity index (χ0n) is 9.99. The molecule has 0 aromatic rings. The Hall–Kier alpha value is -0.860. The van der Waals surface area contributed by atoms with Crippen LogP contribution in [0.4, 0.5) is 0 Å². The second-order valence-electron chi connectivity index (χ2n) is 3.62. The summed E-state index contributed by atoms with van der Waals surface area (Å²) in [6, 6.07) is 0. The molecule has 0 fully saturated rings. The molecule has 15 heavy (non-hydrogen) atoms. The van der Waals surface area contributed by atoms with E-state index in [4.69, 9.17) is 0 Å². The first-order chi connectivity index (χ1) is 7.28. The maximum atomic E-state index is 3.78. The number of hydrogen-bond donors (Lipinski definition) is 0. The van der Waals surface area contributed by atoms with Gasteiger partial charge in [-0.25, -0.2) is 0 Å². The van der Waals surface area contributed by atoms with Crippen LogP contribution >= 0.6 is 0 Å². The normalized spacial score (nSPS) is 10.6. The predicted octanol–water partition coefficient (Wildman–Crippen LogP) is 2.52. The maximum absolute atomic E-state index is 3.78.